The fraction of sp³-hybridized carbons (Fsp3) is 0.833. The molecule has 0 bridgehead atoms. The molecule has 0 fully saturated rings. The largest absolute Gasteiger partial charge is 0.394 e. The lowest BCUT2D eigenvalue weighted by Gasteiger charge is -2.07. The van der Waals surface area contributed by atoms with Crippen molar-refractivity contribution in [3.05, 3.63) is 0 Å². The monoisotopic (exact) mass is 225 g/mol. The number of aliphatic hydroxyl groups excluding tert-OH is 2. The molecule has 0 aliphatic carbocycles. The Bertz CT molecular complexity index is 120. The molecule has 4 nitrogen and oxygen atoms in total. The van der Waals surface area contributed by atoms with E-state index in [9.17, 15) is 4.79 Å². The normalized spacial score (nSPS) is 12.6. The van der Waals surface area contributed by atoms with E-state index in [0.29, 0.717) is 11.8 Å². The van der Waals surface area contributed by atoms with Gasteiger partial charge in [-0.1, -0.05) is 15.9 Å². The average molecular weight is 226 g/mol. The lowest BCUT2D eigenvalue weighted by Crippen LogP contribution is -2.33. The second-order valence-electron chi connectivity index (χ2n) is 2.08. The van der Waals surface area contributed by atoms with Crippen molar-refractivity contribution in [2.75, 3.05) is 18.5 Å². The number of aliphatic hydroxyl groups is 2. The third-order valence-electron chi connectivity index (χ3n) is 1.07. The topological polar surface area (TPSA) is 69.6 Å². The molecule has 0 aliphatic heterocycles. The van der Waals surface area contributed by atoms with E-state index in [1.807, 2.05) is 0 Å². The van der Waals surface area contributed by atoms with Crippen LogP contribution in [-0.2, 0) is 4.79 Å². The molecule has 1 unspecified atom stereocenters. The number of hydrogen-bond acceptors (Lipinski definition) is 3. The van der Waals surface area contributed by atoms with Crippen LogP contribution in [0.1, 0.15) is 6.42 Å². The molecule has 11 heavy (non-hydrogen) atoms. The maximum absolute atomic E-state index is 10.7. The smallest absolute Gasteiger partial charge is 0.220 e. The molecule has 0 aromatic heterocycles. The third kappa shape index (κ3) is 6.28. The summed E-state index contributed by atoms with van der Waals surface area (Å²) in [5.41, 5.74) is 0. The summed E-state index contributed by atoms with van der Waals surface area (Å²) in [4.78, 5) is 10.7. The van der Waals surface area contributed by atoms with Crippen molar-refractivity contribution in [2.45, 2.75) is 12.5 Å². The lowest BCUT2D eigenvalue weighted by molar-refractivity contribution is -0.121. The van der Waals surface area contributed by atoms with Crippen molar-refractivity contribution >= 4 is 21.8 Å². The van der Waals surface area contributed by atoms with E-state index in [-0.39, 0.29) is 19.1 Å². The van der Waals surface area contributed by atoms with Gasteiger partial charge in [0.2, 0.25) is 5.91 Å². The van der Waals surface area contributed by atoms with E-state index in [1.165, 1.54) is 0 Å². The van der Waals surface area contributed by atoms with E-state index < -0.39 is 6.10 Å². The molecule has 0 saturated heterocycles. The van der Waals surface area contributed by atoms with Gasteiger partial charge in [0.25, 0.3) is 0 Å². The number of hydrogen-bond donors (Lipinski definition) is 3. The summed E-state index contributed by atoms with van der Waals surface area (Å²) in [6, 6.07) is 0. The van der Waals surface area contributed by atoms with Gasteiger partial charge < -0.3 is 15.5 Å². The van der Waals surface area contributed by atoms with Crippen molar-refractivity contribution in [1.82, 2.24) is 5.32 Å². The first-order valence-electron chi connectivity index (χ1n) is 3.32. The van der Waals surface area contributed by atoms with E-state index in [2.05, 4.69) is 21.2 Å². The second kappa shape index (κ2) is 6.57. The molecule has 0 aromatic rings. The highest BCUT2D eigenvalue weighted by Gasteiger charge is 2.03. The average Bonchev–Trinajstić information content (AvgIpc) is 2.01. The van der Waals surface area contributed by atoms with Crippen molar-refractivity contribution in [3.63, 3.8) is 0 Å². The predicted octanol–water partition coefficient (Wildman–Crippen LogP) is -0.759. The molecule has 5 heteroatoms. The van der Waals surface area contributed by atoms with Crippen molar-refractivity contribution in [1.29, 1.82) is 0 Å². The van der Waals surface area contributed by atoms with E-state index in [1.54, 1.807) is 0 Å². The highest BCUT2D eigenvalue weighted by molar-refractivity contribution is 9.09. The standard InChI is InChI=1S/C6H12BrNO3/c7-2-1-6(11)8-3-5(10)4-9/h5,9-10H,1-4H2,(H,8,11). The first-order valence-corrected chi connectivity index (χ1v) is 4.44. The fourth-order valence-corrected chi connectivity index (χ4v) is 0.831. The second-order valence-corrected chi connectivity index (χ2v) is 2.87. The Morgan fingerprint density at radius 3 is 2.73 bits per heavy atom. The molecule has 0 saturated carbocycles. The Hall–Kier alpha value is -0.130. The van der Waals surface area contributed by atoms with Gasteiger partial charge in [0.1, 0.15) is 0 Å². The molecule has 0 aromatic carbocycles. The van der Waals surface area contributed by atoms with Gasteiger partial charge in [0.05, 0.1) is 12.7 Å². The summed E-state index contributed by atoms with van der Waals surface area (Å²) < 4.78 is 0. The van der Waals surface area contributed by atoms with Gasteiger partial charge >= 0.3 is 0 Å². The Morgan fingerprint density at radius 2 is 2.27 bits per heavy atom. The molecule has 0 rings (SSSR count). The van der Waals surface area contributed by atoms with Crippen molar-refractivity contribution < 1.29 is 15.0 Å². The number of nitrogens with one attached hydrogen (secondary N) is 1. The minimum atomic E-state index is -0.853. The molecule has 66 valence electrons. The number of halogens is 1. The minimum Gasteiger partial charge on any atom is -0.394 e. The number of carbonyl (C=O) groups is 1. The first-order chi connectivity index (χ1) is 5.20. The van der Waals surface area contributed by atoms with Crippen LogP contribution in [0.2, 0.25) is 0 Å². The minimum absolute atomic E-state index is 0.113. The summed E-state index contributed by atoms with van der Waals surface area (Å²) in [6.45, 7) is -0.211. The zero-order valence-electron chi connectivity index (χ0n) is 6.09. The van der Waals surface area contributed by atoms with Crippen molar-refractivity contribution in [2.24, 2.45) is 0 Å². The summed E-state index contributed by atoms with van der Waals surface area (Å²) in [5, 5.41) is 20.2. The molecule has 0 radical (unpaired) electrons. The van der Waals surface area contributed by atoms with Gasteiger partial charge in [-0.05, 0) is 0 Å². The van der Waals surface area contributed by atoms with E-state index in [4.69, 9.17) is 10.2 Å². The number of alkyl halides is 1. The summed E-state index contributed by atoms with van der Waals surface area (Å²) in [5.74, 6) is -0.130. The van der Waals surface area contributed by atoms with Crippen LogP contribution in [0.15, 0.2) is 0 Å². The lowest BCUT2D eigenvalue weighted by atomic mass is 10.3. The van der Waals surface area contributed by atoms with Crippen LogP contribution in [0, 0.1) is 0 Å². The molecule has 0 spiro atoms. The van der Waals surface area contributed by atoms with Crippen LogP contribution >= 0.6 is 15.9 Å². The van der Waals surface area contributed by atoms with Gasteiger partial charge in [0, 0.05) is 18.3 Å². The molecule has 1 amide bonds. The Morgan fingerprint density at radius 1 is 1.64 bits per heavy atom. The van der Waals surface area contributed by atoms with E-state index >= 15 is 0 Å². The fourth-order valence-electron chi connectivity index (χ4n) is 0.470. The zero-order valence-corrected chi connectivity index (χ0v) is 7.67. The van der Waals surface area contributed by atoms with Crippen LogP contribution in [0.5, 0.6) is 0 Å². The van der Waals surface area contributed by atoms with Gasteiger partial charge in [-0.3, -0.25) is 4.79 Å². The maximum Gasteiger partial charge on any atom is 0.220 e. The SMILES string of the molecule is O=C(CCBr)NCC(O)CO. The molecule has 3 N–H and O–H groups in total. The van der Waals surface area contributed by atoms with Crippen LogP contribution in [-0.4, -0.2) is 40.7 Å². The zero-order chi connectivity index (χ0) is 8.69. The highest BCUT2D eigenvalue weighted by atomic mass is 79.9. The van der Waals surface area contributed by atoms with Crippen LogP contribution in [0.25, 0.3) is 0 Å². The molecule has 1 atom stereocenters. The number of carbonyl (C=O) groups excluding carboxylic acids is 1. The van der Waals surface area contributed by atoms with Crippen LogP contribution in [0.4, 0.5) is 0 Å². The molecule has 0 aliphatic rings. The maximum atomic E-state index is 10.7. The summed E-state index contributed by atoms with van der Waals surface area (Å²) in [7, 11) is 0. The summed E-state index contributed by atoms with van der Waals surface area (Å²) in [6.07, 6.45) is -0.465. The van der Waals surface area contributed by atoms with Crippen molar-refractivity contribution in [3.8, 4) is 0 Å². The van der Waals surface area contributed by atoms with Gasteiger partial charge in [-0.2, -0.15) is 0 Å². The van der Waals surface area contributed by atoms with Gasteiger partial charge in [-0.15, -0.1) is 0 Å². The first kappa shape index (κ1) is 10.9. The van der Waals surface area contributed by atoms with E-state index in [0.717, 1.165) is 0 Å². The van der Waals surface area contributed by atoms with Crippen LogP contribution < -0.4 is 5.32 Å². The molecular formula is C6H12BrNO3. The number of amides is 1. The predicted molar refractivity (Wildman–Crippen MR) is 44.5 cm³/mol. The van der Waals surface area contributed by atoms with Gasteiger partial charge in [-0.25, -0.2) is 0 Å². The van der Waals surface area contributed by atoms with Gasteiger partial charge in [0.15, 0.2) is 0 Å². The highest BCUT2D eigenvalue weighted by Crippen LogP contribution is 1.87. The summed E-state index contributed by atoms with van der Waals surface area (Å²) >= 11 is 3.10. The Balaban J connectivity index is 3.30. The third-order valence-corrected chi connectivity index (χ3v) is 1.46. The van der Waals surface area contributed by atoms with Crippen LogP contribution in [0.3, 0.4) is 0 Å². The Labute approximate surface area is 73.7 Å². The quantitative estimate of drug-likeness (QED) is 0.540. The molecule has 0 heterocycles. The molecular weight excluding hydrogens is 214 g/mol. The Kier molecular flexibility index (Phi) is 6.49. The number of rotatable bonds is 5.